The van der Waals surface area contributed by atoms with Crippen LogP contribution in [0.1, 0.15) is 31.4 Å². The zero-order valence-electron chi connectivity index (χ0n) is 18.8. The molecule has 2 fully saturated rings. The second kappa shape index (κ2) is 9.19. The number of carbonyl (C=O) groups is 2. The molecule has 7 nitrogen and oxygen atoms in total. The second-order valence-electron chi connectivity index (χ2n) is 8.46. The number of ether oxygens (including phenoxy) is 1. The van der Waals surface area contributed by atoms with Gasteiger partial charge >= 0.3 is 0 Å². The maximum absolute atomic E-state index is 13.6. The van der Waals surface area contributed by atoms with Crippen LogP contribution in [0.25, 0.3) is 0 Å². The van der Waals surface area contributed by atoms with Crippen LogP contribution >= 0.6 is 0 Å². The summed E-state index contributed by atoms with van der Waals surface area (Å²) in [5.74, 6) is -0.604. The van der Waals surface area contributed by atoms with Crippen molar-refractivity contribution in [1.82, 2.24) is 0 Å². The molecule has 2 amide bonds. The number of hydrogen-bond acceptors (Lipinski definition) is 6. The molecular weight excluding hydrogens is 432 g/mol. The molecule has 0 aromatic heterocycles. The van der Waals surface area contributed by atoms with Gasteiger partial charge in [-0.2, -0.15) is 0 Å². The summed E-state index contributed by atoms with van der Waals surface area (Å²) in [6, 6.07) is 22.5. The SMILES string of the molecule is CCCCOc1ccc(N2C(=O)[C@H]3[C@H](ON(c4ccccc4)[C@H]3c3ccc(O)cc3)C2=O)cc1. The molecule has 0 radical (unpaired) electrons. The fraction of sp³-hybridized carbons (Fsp3) is 0.259. The van der Waals surface area contributed by atoms with E-state index in [4.69, 9.17) is 9.57 Å². The van der Waals surface area contributed by atoms with Crippen molar-refractivity contribution in [2.45, 2.75) is 31.9 Å². The summed E-state index contributed by atoms with van der Waals surface area (Å²) in [7, 11) is 0. The zero-order chi connectivity index (χ0) is 23.7. The second-order valence-corrected chi connectivity index (χ2v) is 8.46. The molecule has 2 heterocycles. The standard InChI is InChI=1S/C27H26N2O5/c1-2-3-17-33-22-15-11-19(12-16-22)28-26(31)23-24(18-9-13-21(30)14-10-18)29(34-25(23)27(28)32)20-7-5-4-6-8-20/h4-16,23-25,30H,2-3,17H2,1H3/t23-,24+,25+/m1/s1. The molecule has 5 rings (SSSR count). The van der Waals surface area contributed by atoms with Crippen molar-refractivity contribution in [2.75, 3.05) is 16.6 Å². The van der Waals surface area contributed by atoms with Gasteiger partial charge in [0.2, 0.25) is 5.91 Å². The molecule has 3 aromatic rings. The lowest BCUT2D eigenvalue weighted by Crippen LogP contribution is -2.37. The minimum absolute atomic E-state index is 0.127. The van der Waals surface area contributed by atoms with Crippen molar-refractivity contribution < 1.29 is 24.3 Å². The average Bonchev–Trinajstić information content (AvgIpc) is 3.37. The number of para-hydroxylation sites is 1. The molecule has 0 aliphatic carbocycles. The number of unbranched alkanes of at least 4 members (excludes halogenated alkanes) is 1. The van der Waals surface area contributed by atoms with Crippen LogP contribution in [0, 0.1) is 5.92 Å². The van der Waals surface area contributed by atoms with Gasteiger partial charge in [0.15, 0.2) is 6.10 Å². The van der Waals surface area contributed by atoms with Gasteiger partial charge in [0, 0.05) is 0 Å². The predicted octanol–water partition coefficient (Wildman–Crippen LogP) is 4.62. The number of aromatic hydroxyl groups is 1. The zero-order valence-corrected chi connectivity index (χ0v) is 18.8. The molecule has 0 unspecified atom stereocenters. The molecule has 2 aliphatic heterocycles. The summed E-state index contributed by atoms with van der Waals surface area (Å²) in [5, 5.41) is 11.4. The predicted molar refractivity (Wildman–Crippen MR) is 127 cm³/mol. The molecule has 2 saturated heterocycles. The van der Waals surface area contributed by atoms with Crippen molar-refractivity contribution in [1.29, 1.82) is 0 Å². The van der Waals surface area contributed by atoms with Gasteiger partial charge in [0.05, 0.1) is 24.0 Å². The number of nitrogens with zero attached hydrogens (tertiary/aromatic N) is 2. The molecule has 2 aliphatic rings. The number of carbonyl (C=O) groups excluding carboxylic acids is 2. The summed E-state index contributed by atoms with van der Waals surface area (Å²) in [6.45, 7) is 2.72. The van der Waals surface area contributed by atoms with E-state index in [0.717, 1.165) is 24.1 Å². The topological polar surface area (TPSA) is 79.3 Å². The van der Waals surface area contributed by atoms with Crippen molar-refractivity contribution >= 4 is 23.2 Å². The van der Waals surface area contributed by atoms with Gasteiger partial charge in [-0.15, -0.1) is 0 Å². The molecule has 34 heavy (non-hydrogen) atoms. The van der Waals surface area contributed by atoms with Crippen LogP contribution in [-0.2, 0) is 14.4 Å². The molecule has 0 bridgehead atoms. The Hall–Kier alpha value is -3.84. The Bertz CT molecular complexity index is 1160. The number of rotatable bonds is 7. The first-order chi connectivity index (χ1) is 16.6. The van der Waals surface area contributed by atoms with E-state index in [-0.39, 0.29) is 11.7 Å². The lowest BCUT2D eigenvalue weighted by Gasteiger charge is -2.28. The fourth-order valence-corrected chi connectivity index (χ4v) is 4.50. The maximum Gasteiger partial charge on any atom is 0.266 e. The highest BCUT2D eigenvalue weighted by Crippen LogP contribution is 2.47. The first-order valence-electron chi connectivity index (χ1n) is 11.5. The van der Waals surface area contributed by atoms with E-state index in [1.807, 2.05) is 30.3 Å². The third-order valence-electron chi connectivity index (χ3n) is 6.22. The van der Waals surface area contributed by atoms with Gasteiger partial charge < -0.3 is 9.84 Å². The first-order valence-corrected chi connectivity index (χ1v) is 11.5. The van der Waals surface area contributed by atoms with Gasteiger partial charge in [-0.3, -0.25) is 14.4 Å². The third kappa shape index (κ3) is 3.88. The largest absolute Gasteiger partial charge is 0.508 e. The van der Waals surface area contributed by atoms with Gasteiger partial charge in [-0.25, -0.2) is 9.96 Å². The molecule has 3 aromatic carbocycles. The van der Waals surface area contributed by atoms with Crippen LogP contribution in [0.15, 0.2) is 78.9 Å². The lowest BCUT2D eigenvalue weighted by atomic mass is 9.90. The average molecular weight is 459 g/mol. The number of phenolic OH excluding ortho intramolecular Hbond substituents is 1. The van der Waals surface area contributed by atoms with E-state index in [2.05, 4.69) is 6.92 Å². The fourth-order valence-electron chi connectivity index (χ4n) is 4.50. The Morgan fingerprint density at radius 3 is 2.26 bits per heavy atom. The molecule has 0 spiro atoms. The summed E-state index contributed by atoms with van der Waals surface area (Å²) in [5.41, 5.74) is 2.01. The Morgan fingerprint density at radius 2 is 1.59 bits per heavy atom. The molecule has 1 N–H and O–H groups in total. The summed E-state index contributed by atoms with van der Waals surface area (Å²) >= 11 is 0. The number of amides is 2. The molecular formula is C27H26N2O5. The Kier molecular flexibility index (Phi) is 5.94. The monoisotopic (exact) mass is 458 g/mol. The van der Waals surface area contributed by atoms with Crippen LogP contribution < -0.4 is 14.7 Å². The van der Waals surface area contributed by atoms with E-state index in [0.29, 0.717) is 18.0 Å². The Balaban J connectivity index is 1.46. The van der Waals surface area contributed by atoms with Crippen molar-refractivity contribution in [2.24, 2.45) is 5.92 Å². The highest BCUT2D eigenvalue weighted by molar-refractivity contribution is 6.23. The number of imide groups is 1. The van der Waals surface area contributed by atoms with Crippen molar-refractivity contribution in [3.05, 3.63) is 84.4 Å². The third-order valence-corrected chi connectivity index (χ3v) is 6.22. The van der Waals surface area contributed by atoms with Gasteiger partial charge in [0.1, 0.15) is 17.4 Å². The van der Waals surface area contributed by atoms with Crippen molar-refractivity contribution in [3.63, 3.8) is 0 Å². The quantitative estimate of drug-likeness (QED) is 0.411. The number of anilines is 2. The van der Waals surface area contributed by atoms with Crippen LogP contribution in [0.4, 0.5) is 11.4 Å². The smallest absolute Gasteiger partial charge is 0.266 e. The molecule has 174 valence electrons. The van der Waals surface area contributed by atoms with Crippen LogP contribution in [-0.4, -0.2) is 29.6 Å². The number of benzene rings is 3. The molecule has 7 heteroatoms. The minimum atomic E-state index is -0.938. The van der Waals surface area contributed by atoms with E-state index >= 15 is 0 Å². The molecule has 0 saturated carbocycles. The number of hydroxylamine groups is 1. The van der Waals surface area contributed by atoms with Gasteiger partial charge in [0.25, 0.3) is 5.91 Å². The van der Waals surface area contributed by atoms with Crippen LogP contribution in [0.3, 0.4) is 0 Å². The summed E-state index contributed by atoms with van der Waals surface area (Å²) in [4.78, 5) is 34.4. The normalized spacial score (nSPS) is 21.7. The molecule has 3 atom stereocenters. The first kappa shape index (κ1) is 22.0. The minimum Gasteiger partial charge on any atom is -0.508 e. The Labute approximate surface area is 198 Å². The number of hydrogen-bond donors (Lipinski definition) is 1. The number of phenols is 1. The number of fused-ring (bicyclic) bond motifs is 1. The highest BCUT2D eigenvalue weighted by atomic mass is 16.7. The Morgan fingerprint density at radius 1 is 0.882 bits per heavy atom. The lowest BCUT2D eigenvalue weighted by molar-refractivity contribution is -0.126. The summed E-state index contributed by atoms with van der Waals surface area (Å²) < 4.78 is 5.70. The van der Waals surface area contributed by atoms with Crippen LogP contribution in [0.2, 0.25) is 0 Å². The summed E-state index contributed by atoms with van der Waals surface area (Å²) in [6.07, 6.45) is 1.06. The van der Waals surface area contributed by atoms with E-state index in [9.17, 15) is 14.7 Å². The van der Waals surface area contributed by atoms with E-state index < -0.39 is 24.0 Å². The van der Waals surface area contributed by atoms with Crippen molar-refractivity contribution in [3.8, 4) is 11.5 Å². The van der Waals surface area contributed by atoms with E-state index in [1.165, 1.54) is 4.90 Å². The van der Waals surface area contributed by atoms with Gasteiger partial charge in [-0.1, -0.05) is 43.7 Å². The highest BCUT2D eigenvalue weighted by Gasteiger charge is 2.60. The van der Waals surface area contributed by atoms with Crippen LogP contribution in [0.5, 0.6) is 11.5 Å². The maximum atomic E-state index is 13.6. The van der Waals surface area contributed by atoms with Gasteiger partial charge in [-0.05, 0) is 60.5 Å². The van der Waals surface area contributed by atoms with E-state index in [1.54, 1.807) is 53.6 Å².